The van der Waals surface area contributed by atoms with Gasteiger partial charge in [-0.25, -0.2) is 0 Å². The fourth-order valence-electron chi connectivity index (χ4n) is 2.68. The number of carbonyl (C=O) groups is 2. The molecule has 3 rings (SSSR count). The van der Waals surface area contributed by atoms with Gasteiger partial charge in [0.15, 0.2) is 0 Å². The van der Waals surface area contributed by atoms with Gasteiger partial charge in [0, 0.05) is 0 Å². The Morgan fingerprint density at radius 3 is 2.42 bits per heavy atom. The SMILES string of the molecule is CC(NC(=O)CN1CSCC1=O)c1ccc(-c2ccccc2)cc1. The second-order valence-corrected chi connectivity index (χ2v) is 6.80. The highest BCUT2D eigenvalue weighted by Crippen LogP contribution is 2.22. The van der Waals surface area contributed by atoms with E-state index in [2.05, 4.69) is 29.6 Å². The molecule has 0 spiro atoms. The maximum atomic E-state index is 12.1. The average molecular weight is 340 g/mol. The third-order valence-electron chi connectivity index (χ3n) is 4.06. The summed E-state index contributed by atoms with van der Waals surface area (Å²) < 4.78 is 0. The summed E-state index contributed by atoms with van der Waals surface area (Å²) in [5.74, 6) is 0.997. The van der Waals surface area contributed by atoms with E-state index in [9.17, 15) is 9.59 Å². The lowest BCUT2D eigenvalue weighted by atomic mass is 10.0. The molecule has 1 N–H and O–H groups in total. The average Bonchev–Trinajstić information content (AvgIpc) is 3.00. The van der Waals surface area contributed by atoms with Crippen molar-refractivity contribution in [3.63, 3.8) is 0 Å². The molecular weight excluding hydrogens is 320 g/mol. The van der Waals surface area contributed by atoms with Crippen molar-refractivity contribution in [3.8, 4) is 11.1 Å². The van der Waals surface area contributed by atoms with Crippen molar-refractivity contribution in [2.24, 2.45) is 0 Å². The molecule has 1 fully saturated rings. The monoisotopic (exact) mass is 340 g/mol. The van der Waals surface area contributed by atoms with Gasteiger partial charge in [-0.1, -0.05) is 54.6 Å². The van der Waals surface area contributed by atoms with Gasteiger partial charge in [0.1, 0.15) is 6.54 Å². The summed E-state index contributed by atoms with van der Waals surface area (Å²) in [5.41, 5.74) is 3.37. The van der Waals surface area contributed by atoms with Gasteiger partial charge in [-0.05, 0) is 23.6 Å². The van der Waals surface area contributed by atoms with Crippen LogP contribution in [0.25, 0.3) is 11.1 Å². The molecule has 0 radical (unpaired) electrons. The van der Waals surface area contributed by atoms with E-state index in [1.54, 1.807) is 16.7 Å². The summed E-state index contributed by atoms with van der Waals surface area (Å²) in [5, 5.41) is 2.96. The number of nitrogens with one attached hydrogen (secondary N) is 1. The Balaban J connectivity index is 1.59. The van der Waals surface area contributed by atoms with Gasteiger partial charge < -0.3 is 10.2 Å². The predicted molar refractivity (Wildman–Crippen MR) is 97.5 cm³/mol. The van der Waals surface area contributed by atoms with Crippen LogP contribution in [0.5, 0.6) is 0 Å². The zero-order valence-corrected chi connectivity index (χ0v) is 14.4. The summed E-state index contributed by atoms with van der Waals surface area (Å²) in [6.45, 7) is 2.09. The van der Waals surface area contributed by atoms with E-state index in [4.69, 9.17) is 0 Å². The first-order chi connectivity index (χ1) is 11.6. The zero-order valence-electron chi connectivity index (χ0n) is 13.6. The van der Waals surface area contributed by atoms with Crippen molar-refractivity contribution in [1.29, 1.82) is 0 Å². The first-order valence-corrected chi connectivity index (χ1v) is 9.09. The van der Waals surface area contributed by atoms with Crippen LogP contribution >= 0.6 is 11.8 Å². The molecule has 1 unspecified atom stereocenters. The molecule has 0 saturated carbocycles. The van der Waals surface area contributed by atoms with E-state index in [-0.39, 0.29) is 24.4 Å². The van der Waals surface area contributed by atoms with Crippen LogP contribution in [0.15, 0.2) is 54.6 Å². The summed E-state index contributed by atoms with van der Waals surface area (Å²) in [7, 11) is 0. The number of benzene rings is 2. The summed E-state index contributed by atoms with van der Waals surface area (Å²) in [6.07, 6.45) is 0. The summed E-state index contributed by atoms with van der Waals surface area (Å²) >= 11 is 1.54. The Morgan fingerprint density at radius 2 is 1.79 bits per heavy atom. The van der Waals surface area contributed by atoms with Crippen molar-refractivity contribution < 1.29 is 9.59 Å². The Labute approximate surface area is 146 Å². The van der Waals surface area contributed by atoms with Gasteiger partial charge in [0.2, 0.25) is 11.8 Å². The highest BCUT2D eigenvalue weighted by Gasteiger charge is 2.23. The molecule has 124 valence electrons. The topological polar surface area (TPSA) is 49.4 Å². The zero-order chi connectivity index (χ0) is 16.9. The largest absolute Gasteiger partial charge is 0.348 e. The molecule has 1 saturated heterocycles. The van der Waals surface area contributed by atoms with Gasteiger partial charge in [0.25, 0.3) is 0 Å². The molecule has 1 aliphatic heterocycles. The van der Waals surface area contributed by atoms with Crippen LogP contribution in [0.4, 0.5) is 0 Å². The second kappa shape index (κ2) is 7.53. The fourth-order valence-corrected chi connectivity index (χ4v) is 3.58. The third kappa shape index (κ3) is 3.97. The van der Waals surface area contributed by atoms with Crippen LogP contribution in [-0.2, 0) is 9.59 Å². The lowest BCUT2D eigenvalue weighted by Gasteiger charge is -2.18. The standard InChI is InChI=1S/C19H20N2O2S/c1-14(20-18(22)11-21-13-24-12-19(21)23)15-7-9-17(10-8-15)16-5-3-2-4-6-16/h2-10,14H,11-13H2,1H3,(H,20,22). The first kappa shape index (κ1) is 16.6. The van der Waals surface area contributed by atoms with Crippen LogP contribution in [0.2, 0.25) is 0 Å². The van der Waals surface area contributed by atoms with Crippen LogP contribution < -0.4 is 5.32 Å². The van der Waals surface area contributed by atoms with E-state index in [0.29, 0.717) is 11.6 Å². The maximum Gasteiger partial charge on any atom is 0.240 e. The van der Waals surface area contributed by atoms with E-state index >= 15 is 0 Å². The Morgan fingerprint density at radius 1 is 1.12 bits per heavy atom. The lowest BCUT2D eigenvalue weighted by molar-refractivity contribution is -0.132. The molecule has 4 nitrogen and oxygen atoms in total. The summed E-state index contributed by atoms with van der Waals surface area (Å²) in [6, 6.07) is 18.3. The minimum atomic E-state index is -0.120. The normalized spacial score (nSPS) is 15.4. The van der Waals surface area contributed by atoms with Gasteiger partial charge in [-0.15, -0.1) is 11.8 Å². The molecule has 2 amide bonds. The van der Waals surface area contributed by atoms with E-state index in [1.165, 1.54) is 5.56 Å². The predicted octanol–water partition coefficient (Wildman–Crippen LogP) is 3.06. The quantitative estimate of drug-likeness (QED) is 0.910. The molecule has 1 atom stereocenters. The molecule has 2 aromatic carbocycles. The highest BCUT2D eigenvalue weighted by atomic mass is 32.2. The molecule has 1 aliphatic rings. The van der Waals surface area contributed by atoms with E-state index < -0.39 is 0 Å². The van der Waals surface area contributed by atoms with Gasteiger partial charge in [0.05, 0.1) is 17.7 Å². The molecule has 1 heterocycles. The first-order valence-electron chi connectivity index (χ1n) is 7.94. The molecule has 2 aromatic rings. The van der Waals surface area contributed by atoms with Gasteiger partial charge in [-0.2, -0.15) is 0 Å². The Bertz CT molecular complexity index is 716. The van der Waals surface area contributed by atoms with Crippen LogP contribution in [0, 0.1) is 0 Å². The fraction of sp³-hybridized carbons (Fsp3) is 0.263. The Kier molecular flexibility index (Phi) is 5.20. The number of thioether (sulfide) groups is 1. The van der Waals surface area contributed by atoms with Crippen molar-refractivity contribution in [3.05, 3.63) is 60.2 Å². The molecule has 24 heavy (non-hydrogen) atoms. The minimum absolute atomic E-state index is 0.0371. The van der Waals surface area contributed by atoms with Crippen molar-refractivity contribution >= 4 is 23.6 Å². The smallest absolute Gasteiger partial charge is 0.240 e. The molecule has 5 heteroatoms. The minimum Gasteiger partial charge on any atom is -0.348 e. The van der Waals surface area contributed by atoms with Gasteiger partial charge >= 0.3 is 0 Å². The maximum absolute atomic E-state index is 12.1. The van der Waals surface area contributed by atoms with Gasteiger partial charge in [-0.3, -0.25) is 9.59 Å². The molecular formula is C19H20N2O2S. The number of carbonyl (C=O) groups excluding carboxylic acids is 2. The van der Waals surface area contributed by atoms with Crippen molar-refractivity contribution in [2.45, 2.75) is 13.0 Å². The Hall–Kier alpha value is -2.27. The lowest BCUT2D eigenvalue weighted by Crippen LogP contribution is -2.39. The number of hydrogen-bond donors (Lipinski definition) is 1. The van der Waals surface area contributed by atoms with E-state index in [1.807, 2.05) is 37.3 Å². The third-order valence-corrected chi connectivity index (χ3v) is 5.00. The number of hydrogen-bond acceptors (Lipinski definition) is 3. The molecule has 0 aliphatic carbocycles. The highest BCUT2D eigenvalue weighted by molar-refractivity contribution is 8.00. The van der Waals surface area contributed by atoms with Crippen LogP contribution in [0.3, 0.4) is 0 Å². The number of amides is 2. The number of nitrogens with zero attached hydrogens (tertiary/aromatic N) is 1. The number of rotatable bonds is 5. The molecule has 0 bridgehead atoms. The van der Waals surface area contributed by atoms with Crippen molar-refractivity contribution in [1.82, 2.24) is 10.2 Å². The van der Waals surface area contributed by atoms with Crippen LogP contribution in [-0.4, -0.2) is 34.9 Å². The summed E-state index contributed by atoms with van der Waals surface area (Å²) in [4.78, 5) is 25.3. The van der Waals surface area contributed by atoms with E-state index in [0.717, 1.165) is 11.1 Å². The molecule has 0 aromatic heterocycles. The van der Waals surface area contributed by atoms with Crippen molar-refractivity contribution in [2.75, 3.05) is 18.2 Å². The second-order valence-electron chi connectivity index (χ2n) is 5.85. The van der Waals surface area contributed by atoms with Crippen LogP contribution in [0.1, 0.15) is 18.5 Å².